The van der Waals surface area contributed by atoms with Crippen LogP contribution < -0.4 is 14.4 Å². The van der Waals surface area contributed by atoms with Crippen LogP contribution in [0, 0.1) is 6.92 Å². The molecule has 9 heteroatoms. The van der Waals surface area contributed by atoms with E-state index in [0.717, 1.165) is 25.7 Å². The summed E-state index contributed by atoms with van der Waals surface area (Å²) < 4.78 is 34.0. The van der Waals surface area contributed by atoms with Crippen molar-refractivity contribution in [3.63, 3.8) is 0 Å². The molecule has 0 atom stereocenters. The van der Waals surface area contributed by atoms with Gasteiger partial charge in [0.15, 0.2) is 0 Å². The largest absolute Gasteiger partial charge is 0.495 e. The molecule has 1 aromatic heterocycles. The number of ether oxygens (including phenoxy) is 1. The van der Waals surface area contributed by atoms with E-state index in [9.17, 15) is 13.2 Å². The number of aryl methyl sites for hydroxylation is 1. The normalized spacial score (nSPS) is 11.1. The average molecular weight is 495 g/mol. The summed E-state index contributed by atoms with van der Waals surface area (Å²) >= 11 is 4.48. The molecule has 1 heterocycles. The summed E-state index contributed by atoms with van der Waals surface area (Å²) in [6.45, 7) is 1.47. The number of methoxy groups -OCH3 is 1. The molecule has 0 radical (unpaired) electrons. The predicted molar refractivity (Wildman–Crippen MR) is 119 cm³/mol. The fourth-order valence-corrected chi connectivity index (χ4v) is 5.75. The molecule has 6 nitrogen and oxygen atoms in total. The minimum Gasteiger partial charge on any atom is -0.495 e. The van der Waals surface area contributed by atoms with Gasteiger partial charge in [-0.05, 0) is 54.3 Å². The Hall–Kier alpha value is -2.36. The lowest BCUT2D eigenvalue weighted by molar-refractivity contribution is -0.114. The standard InChI is InChI=1S/C20H19BrN2O4S2/c1-14-12-15(21)9-10-16(14)22-19(24)13-23(17-6-3-4-7-18(17)27-2)29(25,26)20-8-5-11-28-20/h3-12H,13H2,1-2H3,(H,22,24). The summed E-state index contributed by atoms with van der Waals surface area (Å²) in [5, 5.41) is 4.47. The van der Waals surface area contributed by atoms with E-state index >= 15 is 0 Å². The van der Waals surface area contributed by atoms with Gasteiger partial charge in [-0.2, -0.15) is 0 Å². The Morgan fingerprint density at radius 2 is 1.93 bits per heavy atom. The zero-order valence-corrected chi connectivity index (χ0v) is 19.0. The Morgan fingerprint density at radius 1 is 1.17 bits per heavy atom. The highest BCUT2D eigenvalue weighted by molar-refractivity contribution is 9.10. The van der Waals surface area contributed by atoms with Crippen molar-refractivity contribution in [3.8, 4) is 5.75 Å². The van der Waals surface area contributed by atoms with Gasteiger partial charge in [0.1, 0.15) is 16.5 Å². The Morgan fingerprint density at radius 3 is 2.59 bits per heavy atom. The van der Waals surface area contributed by atoms with Gasteiger partial charge in [0.25, 0.3) is 10.0 Å². The lowest BCUT2D eigenvalue weighted by atomic mass is 10.2. The molecule has 0 aliphatic heterocycles. The van der Waals surface area contributed by atoms with Gasteiger partial charge in [-0.3, -0.25) is 9.10 Å². The molecule has 0 aliphatic rings. The maximum atomic E-state index is 13.3. The first kappa shape index (κ1) is 21.4. The highest BCUT2D eigenvalue weighted by atomic mass is 79.9. The monoisotopic (exact) mass is 494 g/mol. The number of halogens is 1. The van der Waals surface area contributed by atoms with Crippen LogP contribution in [0.15, 0.2) is 68.7 Å². The summed E-state index contributed by atoms with van der Waals surface area (Å²) in [6, 6.07) is 15.3. The lowest BCUT2D eigenvalue weighted by Crippen LogP contribution is -2.38. The van der Waals surface area contributed by atoms with Crippen LogP contribution in [0.1, 0.15) is 5.56 Å². The zero-order chi connectivity index (χ0) is 21.0. The summed E-state index contributed by atoms with van der Waals surface area (Å²) in [5.41, 5.74) is 1.77. The summed E-state index contributed by atoms with van der Waals surface area (Å²) in [5.74, 6) is -0.0956. The minimum absolute atomic E-state index is 0.149. The summed E-state index contributed by atoms with van der Waals surface area (Å²) in [7, 11) is -2.49. The van der Waals surface area contributed by atoms with Crippen molar-refractivity contribution in [2.45, 2.75) is 11.1 Å². The van der Waals surface area contributed by atoms with Crippen LogP contribution in [-0.2, 0) is 14.8 Å². The first-order valence-corrected chi connectivity index (χ1v) is 11.7. The van der Waals surface area contributed by atoms with Crippen LogP contribution in [-0.4, -0.2) is 28.0 Å². The fourth-order valence-electron chi connectivity index (χ4n) is 2.74. The molecule has 0 spiro atoms. The third kappa shape index (κ3) is 4.80. The number of carbonyl (C=O) groups excluding carboxylic acids is 1. The fraction of sp³-hybridized carbons (Fsp3) is 0.150. The second kappa shape index (κ2) is 8.98. The van der Waals surface area contributed by atoms with Gasteiger partial charge >= 0.3 is 0 Å². The molecule has 3 aromatic rings. The molecule has 1 N–H and O–H groups in total. The molecule has 152 valence electrons. The molecule has 3 rings (SSSR count). The molecular weight excluding hydrogens is 476 g/mol. The number of carbonyl (C=O) groups is 1. The third-order valence-electron chi connectivity index (χ3n) is 4.14. The van der Waals surface area contributed by atoms with Gasteiger partial charge in [0.05, 0.1) is 12.8 Å². The van der Waals surface area contributed by atoms with Crippen molar-refractivity contribution in [1.29, 1.82) is 0 Å². The topological polar surface area (TPSA) is 75.7 Å². The number of nitrogens with zero attached hydrogens (tertiary/aromatic N) is 1. The van der Waals surface area contributed by atoms with E-state index in [0.29, 0.717) is 17.1 Å². The molecule has 0 saturated heterocycles. The van der Waals surface area contributed by atoms with E-state index in [1.807, 2.05) is 19.1 Å². The van der Waals surface area contributed by atoms with Gasteiger partial charge in [-0.15, -0.1) is 11.3 Å². The number of nitrogens with one attached hydrogen (secondary N) is 1. The Kier molecular flexibility index (Phi) is 6.61. The molecule has 0 unspecified atom stereocenters. The van der Waals surface area contributed by atoms with Gasteiger partial charge in [0.2, 0.25) is 5.91 Å². The van der Waals surface area contributed by atoms with Crippen LogP contribution >= 0.6 is 27.3 Å². The smallest absolute Gasteiger partial charge is 0.274 e. The van der Waals surface area contributed by atoms with Gasteiger partial charge in [-0.25, -0.2) is 8.42 Å². The second-order valence-corrected chi connectivity index (χ2v) is 10.1. The molecular formula is C20H19BrN2O4S2. The van der Waals surface area contributed by atoms with E-state index in [1.54, 1.807) is 41.8 Å². The van der Waals surface area contributed by atoms with Gasteiger partial charge in [-0.1, -0.05) is 34.1 Å². The van der Waals surface area contributed by atoms with Crippen LogP contribution in [0.25, 0.3) is 0 Å². The van der Waals surface area contributed by atoms with E-state index in [2.05, 4.69) is 21.2 Å². The summed E-state index contributed by atoms with van der Waals surface area (Å²) in [4.78, 5) is 12.8. The number of anilines is 2. The number of hydrogen-bond donors (Lipinski definition) is 1. The van der Waals surface area contributed by atoms with E-state index < -0.39 is 22.5 Å². The van der Waals surface area contributed by atoms with E-state index in [4.69, 9.17) is 4.74 Å². The van der Waals surface area contributed by atoms with E-state index in [-0.39, 0.29) is 4.21 Å². The number of benzene rings is 2. The SMILES string of the molecule is COc1ccccc1N(CC(=O)Nc1ccc(Br)cc1C)S(=O)(=O)c1cccs1. The Bertz CT molecular complexity index is 1120. The molecule has 2 aromatic carbocycles. The molecule has 29 heavy (non-hydrogen) atoms. The number of amides is 1. The number of thiophene rings is 1. The van der Waals surface area contributed by atoms with Crippen molar-refractivity contribution in [2.24, 2.45) is 0 Å². The number of hydrogen-bond acceptors (Lipinski definition) is 5. The Labute approximate surface area is 182 Å². The van der Waals surface area contributed by atoms with E-state index in [1.165, 1.54) is 13.2 Å². The van der Waals surface area contributed by atoms with Crippen molar-refractivity contribution < 1.29 is 17.9 Å². The Balaban J connectivity index is 1.96. The molecule has 0 saturated carbocycles. The third-order valence-corrected chi connectivity index (χ3v) is 7.77. The number of rotatable bonds is 7. The first-order valence-electron chi connectivity index (χ1n) is 8.58. The number of para-hydroxylation sites is 2. The highest BCUT2D eigenvalue weighted by Gasteiger charge is 2.30. The van der Waals surface area contributed by atoms with Crippen molar-refractivity contribution in [1.82, 2.24) is 0 Å². The second-order valence-electron chi connectivity index (χ2n) is 6.12. The van der Waals surface area contributed by atoms with Crippen molar-refractivity contribution in [2.75, 3.05) is 23.3 Å². The average Bonchev–Trinajstić information content (AvgIpc) is 3.24. The van der Waals surface area contributed by atoms with Crippen LogP contribution in [0.4, 0.5) is 11.4 Å². The van der Waals surface area contributed by atoms with Gasteiger partial charge < -0.3 is 10.1 Å². The molecule has 0 fully saturated rings. The maximum Gasteiger partial charge on any atom is 0.274 e. The maximum absolute atomic E-state index is 13.3. The van der Waals surface area contributed by atoms with Crippen LogP contribution in [0.5, 0.6) is 5.75 Å². The van der Waals surface area contributed by atoms with Crippen LogP contribution in [0.3, 0.4) is 0 Å². The predicted octanol–water partition coefficient (Wildman–Crippen LogP) is 4.66. The molecule has 1 amide bonds. The lowest BCUT2D eigenvalue weighted by Gasteiger charge is -2.25. The molecule has 0 bridgehead atoms. The first-order chi connectivity index (χ1) is 13.8. The van der Waals surface area contributed by atoms with Gasteiger partial charge in [0, 0.05) is 10.2 Å². The van der Waals surface area contributed by atoms with Crippen LogP contribution in [0.2, 0.25) is 0 Å². The quantitative estimate of drug-likeness (QED) is 0.518. The van der Waals surface area contributed by atoms with Crippen molar-refractivity contribution >= 4 is 54.6 Å². The zero-order valence-electron chi connectivity index (χ0n) is 15.8. The molecule has 0 aliphatic carbocycles. The number of sulfonamides is 1. The highest BCUT2D eigenvalue weighted by Crippen LogP contribution is 2.33. The van der Waals surface area contributed by atoms with Crippen molar-refractivity contribution in [3.05, 3.63) is 70.0 Å². The summed E-state index contributed by atoms with van der Waals surface area (Å²) in [6.07, 6.45) is 0. The minimum atomic E-state index is -3.94.